The molecular weight excluding hydrogens is 562 g/mol. The van der Waals surface area contributed by atoms with Crippen LogP contribution in [0.15, 0.2) is 4.42 Å². The van der Waals surface area contributed by atoms with E-state index >= 15 is 0 Å². The van der Waals surface area contributed by atoms with E-state index in [1.165, 1.54) is 9.80 Å². The lowest BCUT2D eigenvalue weighted by Gasteiger charge is -2.37. The van der Waals surface area contributed by atoms with Crippen molar-refractivity contribution in [1.82, 2.24) is 25.1 Å². The molecule has 1 N–H and O–H groups in total. The highest BCUT2D eigenvalue weighted by atomic mass is 32.3. The number of hydrogen-bond acceptors (Lipinski definition) is 11. The SMILES string of the molecule is CC(C)(C)OC(=O)C1CCC(N(Cc2nnc([C@@H]3CC[C@@H]4CN3C(=O)N4OS(=O)(=O)O)o2)C(=O)OC(C)(C)C)CC1. The third-order valence-electron chi connectivity index (χ3n) is 7.08. The average molecular weight is 602 g/mol. The van der Waals surface area contributed by atoms with Gasteiger partial charge in [0.15, 0.2) is 0 Å². The van der Waals surface area contributed by atoms with E-state index in [0.717, 1.165) is 0 Å². The van der Waals surface area contributed by atoms with Crippen LogP contribution in [0, 0.1) is 5.92 Å². The molecule has 1 aromatic heterocycles. The van der Waals surface area contributed by atoms with E-state index < -0.39 is 45.8 Å². The lowest BCUT2D eigenvalue weighted by Crippen LogP contribution is -2.45. The van der Waals surface area contributed by atoms with Crippen molar-refractivity contribution in [3.05, 3.63) is 11.8 Å². The molecule has 0 unspecified atom stereocenters. The number of rotatable bonds is 7. The van der Waals surface area contributed by atoms with Gasteiger partial charge in [0, 0.05) is 12.6 Å². The van der Waals surface area contributed by atoms with Gasteiger partial charge in [0.2, 0.25) is 11.8 Å². The Labute approximate surface area is 239 Å². The summed E-state index contributed by atoms with van der Waals surface area (Å²) >= 11 is 0. The Morgan fingerprint density at radius 3 is 2.22 bits per heavy atom. The zero-order valence-electron chi connectivity index (χ0n) is 24.2. The first-order valence-corrected chi connectivity index (χ1v) is 15.1. The normalized spacial score (nSPS) is 25.3. The van der Waals surface area contributed by atoms with Crippen molar-refractivity contribution in [2.45, 2.75) is 116 Å². The highest BCUT2D eigenvalue weighted by molar-refractivity contribution is 7.80. The van der Waals surface area contributed by atoms with Crippen molar-refractivity contribution in [3.8, 4) is 0 Å². The summed E-state index contributed by atoms with van der Waals surface area (Å²) in [4.78, 5) is 41.5. The van der Waals surface area contributed by atoms with Crippen LogP contribution in [0.1, 0.15) is 97.9 Å². The van der Waals surface area contributed by atoms with Gasteiger partial charge in [-0.05, 0) is 80.1 Å². The zero-order valence-corrected chi connectivity index (χ0v) is 25.0. The number of carbonyl (C=O) groups is 3. The van der Waals surface area contributed by atoms with E-state index in [2.05, 4.69) is 14.5 Å². The van der Waals surface area contributed by atoms with Crippen LogP contribution in [0.3, 0.4) is 0 Å². The summed E-state index contributed by atoms with van der Waals surface area (Å²) in [6.07, 6.45) is 2.44. The molecule has 4 rings (SSSR count). The van der Waals surface area contributed by atoms with Crippen LogP contribution in [-0.4, -0.2) is 86.0 Å². The highest BCUT2D eigenvalue weighted by Crippen LogP contribution is 2.38. The molecule has 1 saturated carbocycles. The number of nitrogens with zero attached hydrogens (tertiary/aromatic N) is 5. The van der Waals surface area contributed by atoms with Gasteiger partial charge in [-0.1, -0.05) is 0 Å². The molecule has 2 aliphatic heterocycles. The zero-order chi connectivity index (χ0) is 30.3. The summed E-state index contributed by atoms with van der Waals surface area (Å²) in [6, 6.07) is -2.16. The van der Waals surface area contributed by atoms with Crippen LogP contribution in [-0.2, 0) is 35.5 Å². The molecule has 0 aromatic carbocycles. The van der Waals surface area contributed by atoms with Gasteiger partial charge < -0.3 is 18.8 Å². The Hall–Kier alpha value is -2.98. The Kier molecular flexibility index (Phi) is 8.58. The van der Waals surface area contributed by atoms with Crippen molar-refractivity contribution >= 4 is 28.5 Å². The number of esters is 1. The number of piperidine rings is 1. The molecule has 1 aromatic rings. The minimum Gasteiger partial charge on any atom is -0.460 e. The van der Waals surface area contributed by atoms with Gasteiger partial charge in [-0.3, -0.25) is 14.2 Å². The van der Waals surface area contributed by atoms with Crippen LogP contribution >= 0.6 is 0 Å². The second kappa shape index (κ2) is 11.4. The monoisotopic (exact) mass is 601 g/mol. The lowest BCUT2D eigenvalue weighted by molar-refractivity contribution is -0.161. The summed E-state index contributed by atoms with van der Waals surface area (Å²) in [6.45, 7) is 10.9. The van der Waals surface area contributed by atoms with Crippen molar-refractivity contribution in [2.75, 3.05) is 6.54 Å². The summed E-state index contributed by atoms with van der Waals surface area (Å²) in [5.41, 5.74) is -1.32. The number of hydrogen-bond donors (Lipinski definition) is 1. The maximum atomic E-state index is 13.3. The van der Waals surface area contributed by atoms with Gasteiger partial charge in [0.05, 0.1) is 12.0 Å². The molecule has 230 valence electrons. The fourth-order valence-electron chi connectivity index (χ4n) is 5.37. The Morgan fingerprint density at radius 1 is 1.00 bits per heavy atom. The first kappa shape index (κ1) is 31.0. The van der Waals surface area contributed by atoms with Gasteiger partial charge >= 0.3 is 28.5 Å². The minimum atomic E-state index is -4.87. The van der Waals surface area contributed by atoms with E-state index in [0.29, 0.717) is 43.6 Å². The number of carbonyl (C=O) groups excluding carboxylic acids is 3. The second-order valence-electron chi connectivity index (χ2n) is 12.7. The third kappa shape index (κ3) is 7.86. The summed E-state index contributed by atoms with van der Waals surface area (Å²) in [5, 5.41) is 8.87. The van der Waals surface area contributed by atoms with E-state index in [4.69, 9.17) is 18.4 Å². The number of hydroxylamine groups is 2. The first-order chi connectivity index (χ1) is 18.9. The smallest absolute Gasteiger partial charge is 0.418 e. The van der Waals surface area contributed by atoms with Crippen LogP contribution < -0.4 is 0 Å². The maximum Gasteiger partial charge on any atom is 0.418 e. The maximum absolute atomic E-state index is 13.3. The summed E-state index contributed by atoms with van der Waals surface area (Å²) in [7, 11) is -4.87. The van der Waals surface area contributed by atoms with Crippen LogP contribution in [0.4, 0.5) is 9.59 Å². The summed E-state index contributed by atoms with van der Waals surface area (Å²) < 4.78 is 52.9. The van der Waals surface area contributed by atoms with Crippen LogP contribution in [0.5, 0.6) is 0 Å². The van der Waals surface area contributed by atoms with E-state index in [-0.39, 0.29) is 42.8 Å². The number of fused-ring (bicyclic) bond motifs is 2. The van der Waals surface area contributed by atoms with E-state index in [1.807, 2.05) is 20.8 Å². The van der Waals surface area contributed by atoms with Crippen molar-refractivity contribution in [2.24, 2.45) is 5.92 Å². The molecule has 41 heavy (non-hydrogen) atoms. The standard InChI is InChI=1S/C25H39N5O10S/c1-24(2,3)38-21(31)15-7-9-16(10-8-15)28(23(33)39-25(4,5)6)14-19-26-27-20(37-19)18-12-11-17-13-29(18)22(32)30(17)40-41(34,35)36/h15-18H,7-14H2,1-6H3,(H,34,35,36)/t15?,16?,17-,18+/m1/s1. The average Bonchev–Trinajstić information content (AvgIpc) is 3.39. The van der Waals surface area contributed by atoms with Gasteiger partial charge in [-0.15, -0.1) is 14.5 Å². The number of aromatic nitrogens is 2. The van der Waals surface area contributed by atoms with Crippen molar-refractivity contribution in [3.63, 3.8) is 0 Å². The molecule has 3 aliphatic rings. The third-order valence-corrected chi connectivity index (χ3v) is 7.43. The minimum absolute atomic E-state index is 0.0367. The molecule has 15 nitrogen and oxygen atoms in total. The Morgan fingerprint density at radius 2 is 1.63 bits per heavy atom. The molecule has 3 heterocycles. The Bertz CT molecular complexity index is 1250. The highest BCUT2D eigenvalue weighted by Gasteiger charge is 2.49. The van der Waals surface area contributed by atoms with Gasteiger partial charge in [-0.25, -0.2) is 9.59 Å². The van der Waals surface area contributed by atoms with Gasteiger partial charge in [-0.2, -0.15) is 13.5 Å². The number of urea groups is 1. The molecule has 1 aliphatic carbocycles. The predicted molar refractivity (Wildman–Crippen MR) is 140 cm³/mol. The van der Waals surface area contributed by atoms with E-state index in [1.54, 1.807) is 20.8 Å². The van der Waals surface area contributed by atoms with Crippen molar-refractivity contribution < 1.29 is 45.5 Å². The van der Waals surface area contributed by atoms with Gasteiger partial charge in [0.1, 0.15) is 23.8 Å². The van der Waals surface area contributed by atoms with E-state index in [9.17, 15) is 22.8 Å². The largest absolute Gasteiger partial charge is 0.460 e. The second-order valence-corrected chi connectivity index (χ2v) is 13.7. The Balaban J connectivity index is 1.46. The topological polar surface area (TPSA) is 182 Å². The quantitative estimate of drug-likeness (QED) is 0.356. The number of amides is 3. The molecule has 0 radical (unpaired) electrons. The summed E-state index contributed by atoms with van der Waals surface area (Å²) in [5.74, 6) is -0.218. The molecular formula is C25H39N5O10S. The fraction of sp³-hybridized carbons (Fsp3) is 0.800. The number of ether oxygens (including phenoxy) is 2. The molecule has 0 spiro atoms. The molecule has 2 bridgehead atoms. The fourth-order valence-corrected chi connectivity index (χ4v) is 5.76. The molecule has 3 fully saturated rings. The molecule has 2 atom stereocenters. The lowest BCUT2D eigenvalue weighted by atomic mass is 9.85. The van der Waals surface area contributed by atoms with Crippen LogP contribution in [0.2, 0.25) is 0 Å². The molecule has 16 heteroatoms. The predicted octanol–water partition coefficient (Wildman–Crippen LogP) is 3.38. The van der Waals surface area contributed by atoms with Crippen LogP contribution in [0.25, 0.3) is 0 Å². The molecule has 3 amide bonds. The van der Waals surface area contributed by atoms with Gasteiger partial charge in [0.25, 0.3) is 0 Å². The first-order valence-electron chi connectivity index (χ1n) is 13.7. The molecule has 2 saturated heterocycles. The van der Waals surface area contributed by atoms with Crippen molar-refractivity contribution in [1.29, 1.82) is 0 Å².